The molecule has 29 heavy (non-hydrogen) atoms. The van der Waals surface area contributed by atoms with Gasteiger partial charge in [-0.3, -0.25) is 4.79 Å². The lowest BCUT2D eigenvalue weighted by molar-refractivity contribution is -0.115. The van der Waals surface area contributed by atoms with Crippen molar-refractivity contribution in [1.82, 2.24) is 20.2 Å². The fourth-order valence-corrected chi connectivity index (χ4v) is 3.79. The van der Waals surface area contributed by atoms with Gasteiger partial charge in [0.1, 0.15) is 11.4 Å². The van der Waals surface area contributed by atoms with Gasteiger partial charge < -0.3 is 10.1 Å². The molecule has 8 heteroatoms. The first-order chi connectivity index (χ1) is 13.9. The number of benzene rings is 2. The summed E-state index contributed by atoms with van der Waals surface area (Å²) in [5.74, 6) is 0.868. The summed E-state index contributed by atoms with van der Waals surface area (Å²) in [5, 5.41) is 15.1. The topological polar surface area (TPSA) is 81.9 Å². The van der Waals surface area contributed by atoms with E-state index in [1.54, 1.807) is 11.8 Å². The monoisotopic (exact) mass is 411 g/mol. The van der Waals surface area contributed by atoms with E-state index in [-0.39, 0.29) is 5.91 Å². The fourth-order valence-electron chi connectivity index (χ4n) is 2.99. The van der Waals surface area contributed by atoms with E-state index in [1.165, 1.54) is 11.8 Å². The molecule has 3 aromatic rings. The predicted molar refractivity (Wildman–Crippen MR) is 115 cm³/mol. The highest BCUT2D eigenvalue weighted by Crippen LogP contribution is 2.30. The number of amides is 1. The lowest BCUT2D eigenvalue weighted by atomic mass is 9.98. The van der Waals surface area contributed by atoms with Crippen LogP contribution in [0.5, 0.6) is 5.75 Å². The number of carbonyl (C=O) groups excluding carboxylic acids is 1. The number of hydrogen-bond acceptors (Lipinski definition) is 6. The largest absolute Gasteiger partial charge is 0.494 e. The summed E-state index contributed by atoms with van der Waals surface area (Å²) in [6, 6.07) is 13.5. The number of nitrogens with zero attached hydrogens (tertiary/aromatic N) is 4. The van der Waals surface area contributed by atoms with Crippen molar-refractivity contribution in [2.75, 3.05) is 12.4 Å². The number of thioether (sulfide) groups is 1. The second-order valence-electron chi connectivity index (χ2n) is 6.99. The van der Waals surface area contributed by atoms with Gasteiger partial charge in [0.05, 0.1) is 12.4 Å². The summed E-state index contributed by atoms with van der Waals surface area (Å²) >= 11 is 1.30. The number of tetrazole rings is 1. The zero-order valence-corrected chi connectivity index (χ0v) is 18.0. The molecule has 2 aromatic carbocycles. The highest BCUT2D eigenvalue weighted by atomic mass is 32.2. The van der Waals surface area contributed by atoms with Crippen LogP contribution in [0.25, 0.3) is 5.69 Å². The van der Waals surface area contributed by atoms with Gasteiger partial charge in [-0.1, -0.05) is 55.9 Å². The van der Waals surface area contributed by atoms with E-state index in [0.717, 1.165) is 22.5 Å². The van der Waals surface area contributed by atoms with Crippen LogP contribution in [0.3, 0.4) is 0 Å². The number of carbonyl (C=O) groups is 1. The molecule has 3 rings (SSSR count). The molecule has 1 heterocycles. The minimum absolute atomic E-state index is 0.0965. The Hall–Kier alpha value is -2.87. The van der Waals surface area contributed by atoms with Crippen molar-refractivity contribution in [3.05, 3.63) is 53.6 Å². The van der Waals surface area contributed by atoms with Crippen LogP contribution in [0.2, 0.25) is 0 Å². The van der Waals surface area contributed by atoms with Gasteiger partial charge in [0.25, 0.3) is 0 Å². The van der Waals surface area contributed by atoms with Gasteiger partial charge in [0, 0.05) is 5.69 Å². The molecule has 1 aromatic heterocycles. The highest BCUT2D eigenvalue weighted by molar-refractivity contribution is 8.00. The summed E-state index contributed by atoms with van der Waals surface area (Å²) in [7, 11) is 1.60. The number of para-hydroxylation sites is 3. The second kappa shape index (κ2) is 9.09. The maximum atomic E-state index is 12.9. The van der Waals surface area contributed by atoms with Crippen LogP contribution in [-0.4, -0.2) is 38.5 Å². The van der Waals surface area contributed by atoms with E-state index in [1.807, 2.05) is 56.3 Å². The normalized spacial score (nSPS) is 12.1. The quantitative estimate of drug-likeness (QED) is 0.586. The van der Waals surface area contributed by atoms with Crippen LogP contribution in [0, 0.1) is 6.92 Å². The molecule has 152 valence electrons. The molecule has 0 saturated carbocycles. The summed E-state index contributed by atoms with van der Waals surface area (Å²) in [4.78, 5) is 12.9. The molecule has 0 spiro atoms. The third kappa shape index (κ3) is 4.59. The highest BCUT2D eigenvalue weighted by Gasteiger charge is 2.22. The van der Waals surface area contributed by atoms with E-state index < -0.39 is 5.25 Å². The number of aryl methyl sites for hydroxylation is 1. The average Bonchev–Trinajstić information content (AvgIpc) is 3.16. The molecule has 0 radical (unpaired) electrons. The third-order valence-electron chi connectivity index (χ3n) is 4.58. The van der Waals surface area contributed by atoms with Crippen LogP contribution >= 0.6 is 11.8 Å². The molecule has 0 bridgehead atoms. The summed E-state index contributed by atoms with van der Waals surface area (Å²) in [6.45, 7) is 8.07. The van der Waals surface area contributed by atoms with Crippen LogP contribution in [0.4, 0.5) is 5.69 Å². The predicted octanol–water partition coefficient (Wildman–Crippen LogP) is 4.22. The Morgan fingerprint density at radius 3 is 2.62 bits per heavy atom. The van der Waals surface area contributed by atoms with Crippen molar-refractivity contribution in [3.63, 3.8) is 0 Å². The lowest BCUT2D eigenvalue weighted by Gasteiger charge is -2.18. The van der Waals surface area contributed by atoms with Crippen LogP contribution < -0.4 is 10.1 Å². The molecule has 1 amide bonds. The molecule has 0 aliphatic carbocycles. The van der Waals surface area contributed by atoms with Crippen LogP contribution in [0.15, 0.2) is 47.6 Å². The van der Waals surface area contributed by atoms with Gasteiger partial charge in [0.2, 0.25) is 11.1 Å². The molecule has 0 saturated heterocycles. The molecule has 1 atom stereocenters. The van der Waals surface area contributed by atoms with Gasteiger partial charge in [-0.15, -0.1) is 5.10 Å². The van der Waals surface area contributed by atoms with Crippen LogP contribution in [0.1, 0.15) is 37.8 Å². The number of nitrogens with one attached hydrogen (secondary N) is 1. The van der Waals surface area contributed by atoms with Crippen LogP contribution in [-0.2, 0) is 4.79 Å². The molecule has 0 fully saturated rings. The fraction of sp³-hybridized carbons (Fsp3) is 0.333. The average molecular weight is 412 g/mol. The number of anilines is 1. The third-order valence-corrected chi connectivity index (χ3v) is 5.61. The first-order valence-electron chi connectivity index (χ1n) is 9.41. The van der Waals surface area contributed by atoms with E-state index in [0.29, 0.717) is 16.8 Å². The Bertz CT molecular complexity index is 1000. The maximum absolute atomic E-state index is 12.9. The zero-order valence-electron chi connectivity index (χ0n) is 17.2. The molecular formula is C21H25N5O2S. The van der Waals surface area contributed by atoms with Gasteiger partial charge in [-0.2, -0.15) is 4.68 Å². The van der Waals surface area contributed by atoms with E-state index in [4.69, 9.17) is 4.74 Å². The smallest absolute Gasteiger partial charge is 0.237 e. The lowest BCUT2D eigenvalue weighted by Crippen LogP contribution is -2.24. The Balaban J connectivity index is 1.80. The Kier molecular flexibility index (Phi) is 6.53. The molecular weight excluding hydrogens is 386 g/mol. The maximum Gasteiger partial charge on any atom is 0.237 e. The molecule has 7 nitrogen and oxygen atoms in total. The second-order valence-corrected chi connectivity index (χ2v) is 8.30. The number of aromatic nitrogens is 4. The first kappa shape index (κ1) is 20.9. The minimum atomic E-state index is -0.394. The summed E-state index contributed by atoms with van der Waals surface area (Å²) < 4.78 is 6.98. The Morgan fingerprint density at radius 1 is 1.14 bits per heavy atom. The first-order valence-corrected chi connectivity index (χ1v) is 10.3. The minimum Gasteiger partial charge on any atom is -0.494 e. The van der Waals surface area contributed by atoms with Gasteiger partial charge in [0.15, 0.2) is 0 Å². The Labute approximate surface area is 174 Å². The molecule has 1 N–H and O–H groups in total. The standard InChI is InChI=1S/C21H25N5O2S/c1-13(2)16-10-8-9-14(3)19(16)22-20(27)15(4)29-21-23-24-25-26(21)17-11-6-7-12-18(17)28-5/h6-13,15H,1-5H3,(H,22,27). The van der Waals surface area contributed by atoms with E-state index >= 15 is 0 Å². The van der Waals surface area contributed by atoms with Gasteiger partial charge in [-0.05, 0) is 53.5 Å². The SMILES string of the molecule is COc1ccccc1-n1nnnc1SC(C)C(=O)Nc1c(C)cccc1C(C)C. The van der Waals surface area contributed by atoms with Crippen molar-refractivity contribution in [3.8, 4) is 11.4 Å². The number of methoxy groups -OCH3 is 1. The zero-order chi connectivity index (χ0) is 21.0. The van der Waals surface area contributed by atoms with Crippen molar-refractivity contribution in [1.29, 1.82) is 0 Å². The number of hydrogen-bond donors (Lipinski definition) is 1. The van der Waals surface area contributed by atoms with E-state index in [9.17, 15) is 4.79 Å². The van der Waals surface area contributed by atoms with Crippen molar-refractivity contribution in [2.24, 2.45) is 0 Å². The number of rotatable bonds is 7. The van der Waals surface area contributed by atoms with E-state index in [2.05, 4.69) is 34.7 Å². The van der Waals surface area contributed by atoms with Gasteiger partial charge in [-0.25, -0.2) is 0 Å². The number of ether oxygens (including phenoxy) is 1. The molecule has 1 unspecified atom stereocenters. The molecule has 0 aliphatic rings. The van der Waals surface area contributed by atoms with Gasteiger partial charge >= 0.3 is 0 Å². The summed E-state index contributed by atoms with van der Waals surface area (Å²) in [6.07, 6.45) is 0. The van der Waals surface area contributed by atoms with Crippen molar-refractivity contribution in [2.45, 2.75) is 44.0 Å². The Morgan fingerprint density at radius 2 is 1.90 bits per heavy atom. The van der Waals surface area contributed by atoms with Crippen molar-refractivity contribution >= 4 is 23.4 Å². The summed E-state index contributed by atoms with van der Waals surface area (Å²) in [5.41, 5.74) is 3.76. The molecule has 0 aliphatic heterocycles. The van der Waals surface area contributed by atoms with Crippen molar-refractivity contribution < 1.29 is 9.53 Å².